The number of rotatable bonds is 5. The summed E-state index contributed by atoms with van der Waals surface area (Å²) in [4.78, 5) is 3.86. The number of nitrogens with two attached hydrogens (primary N) is 1. The van der Waals surface area contributed by atoms with Crippen molar-refractivity contribution in [1.82, 2.24) is 9.55 Å². The Hall–Kier alpha value is -0.840. The normalized spacial score (nSPS) is 11.9. The van der Waals surface area contributed by atoms with E-state index in [1.807, 2.05) is 0 Å². The first-order valence-corrected chi connectivity index (χ1v) is 6.26. The van der Waals surface area contributed by atoms with Crippen molar-refractivity contribution in [3.05, 3.63) is 6.33 Å². The van der Waals surface area contributed by atoms with E-state index in [1.54, 1.807) is 25.5 Å². The first kappa shape index (κ1) is 12.2. The summed E-state index contributed by atoms with van der Waals surface area (Å²) in [6.45, 7) is 4.08. The standard InChI is InChI=1S/C8H16N3O3P/c1-4-13-15(12,14-5-2)8-7(9)10-6-11(8)3/h6H,4-5,9H2,1-3H3. The summed E-state index contributed by atoms with van der Waals surface area (Å²) in [6.07, 6.45) is 1.48. The summed E-state index contributed by atoms with van der Waals surface area (Å²) < 4.78 is 24.2. The summed E-state index contributed by atoms with van der Waals surface area (Å²) in [5.74, 6) is 0.183. The fourth-order valence-electron chi connectivity index (χ4n) is 1.27. The Kier molecular flexibility index (Phi) is 3.90. The molecule has 0 aliphatic heterocycles. The van der Waals surface area contributed by atoms with Crippen molar-refractivity contribution in [3.63, 3.8) is 0 Å². The Morgan fingerprint density at radius 3 is 2.33 bits per heavy atom. The lowest BCUT2D eigenvalue weighted by Crippen LogP contribution is -2.20. The average Bonchev–Trinajstić information content (AvgIpc) is 2.47. The highest BCUT2D eigenvalue weighted by atomic mass is 31.2. The smallest absolute Gasteiger partial charge is 0.381 e. The van der Waals surface area contributed by atoms with Crippen LogP contribution in [-0.2, 0) is 20.7 Å². The Morgan fingerprint density at radius 1 is 1.47 bits per heavy atom. The zero-order valence-corrected chi connectivity index (χ0v) is 10.0. The number of imidazole rings is 1. The van der Waals surface area contributed by atoms with Gasteiger partial charge in [0, 0.05) is 7.05 Å². The molecule has 0 saturated heterocycles. The summed E-state index contributed by atoms with van der Waals surface area (Å²) >= 11 is 0. The van der Waals surface area contributed by atoms with E-state index in [0.717, 1.165) is 0 Å². The number of aromatic nitrogens is 2. The minimum absolute atomic E-state index is 0.183. The van der Waals surface area contributed by atoms with Gasteiger partial charge in [0.25, 0.3) is 0 Å². The number of nitrogen functional groups attached to an aromatic ring is 1. The fourth-order valence-corrected chi connectivity index (χ4v) is 3.05. The second-order valence-electron chi connectivity index (χ2n) is 2.90. The van der Waals surface area contributed by atoms with Gasteiger partial charge in [0.1, 0.15) is 0 Å². The molecular weight excluding hydrogens is 217 g/mol. The van der Waals surface area contributed by atoms with E-state index in [9.17, 15) is 4.57 Å². The number of anilines is 1. The van der Waals surface area contributed by atoms with Crippen LogP contribution >= 0.6 is 7.60 Å². The van der Waals surface area contributed by atoms with Crippen LogP contribution < -0.4 is 11.2 Å². The molecule has 0 fully saturated rings. The van der Waals surface area contributed by atoms with Gasteiger partial charge in [-0.15, -0.1) is 0 Å². The second-order valence-corrected chi connectivity index (χ2v) is 4.83. The molecule has 0 aliphatic carbocycles. The van der Waals surface area contributed by atoms with Gasteiger partial charge < -0.3 is 19.3 Å². The lowest BCUT2D eigenvalue weighted by Gasteiger charge is -2.17. The Labute approximate surface area is 88.9 Å². The van der Waals surface area contributed by atoms with Crippen LogP contribution in [0.15, 0.2) is 6.33 Å². The van der Waals surface area contributed by atoms with Gasteiger partial charge in [-0.1, -0.05) is 0 Å². The molecule has 6 nitrogen and oxygen atoms in total. The maximum absolute atomic E-state index is 12.3. The molecule has 1 aromatic rings. The molecule has 0 aromatic carbocycles. The van der Waals surface area contributed by atoms with E-state index >= 15 is 0 Å². The molecule has 0 bridgehead atoms. The highest BCUT2D eigenvalue weighted by Crippen LogP contribution is 2.47. The maximum atomic E-state index is 12.3. The molecule has 0 atom stereocenters. The molecule has 15 heavy (non-hydrogen) atoms. The first-order valence-electron chi connectivity index (χ1n) is 4.71. The minimum atomic E-state index is -3.32. The summed E-state index contributed by atoms with van der Waals surface area (Å²) in [5, 5.41) is 0. The molecular formula is C8H16N3O3P. The van der Waals surface area contributed by atoms with Crippen LogP contribution in [0.1, 0.15) is 13.8 Å². The molecule has 0 aliphatic rings. The molecule has 1 rings (SSSR count). The molecule has 0 amide bonds. The predicted octanol–water partition coefficient (Wildman–Crippen LogP) is 0.894. The van der Waals surface area contributed by atoms with Gasteiger partial charge in [0.15, 0.2) is 11.3 Å². The van der Waals surface area contributed by atoms with Crippen LogP contribution in [-0.4, -0.2) is 22.8 Å². The number of hydrogen-bond donors (Lipinski definition) is 1. The molecule has 2 N–H and O–H groups in total. The lowest BCUT2D eigenvalue weighted by molar-refractivity contribution is 0.229. The van der Waals surface area contributed by atoms with Crippen LogP contribution in [0.5, 0.6) is 0 Å². The number of hydrogen-bond acceptors (Lipinski definition) is 5. The van der Waals surface area contributed by atoms with Crippen LogP contribution in [0, 0.1) is 0 Å². The van der Waals surface area contributed by atoms with Gasteiger partial charge in [0.05, 0.1) is 19.5 Å². The van der Waals surface area contributed by atoms with Crippen LogP contribution in [0.2, 0.25) is 0 Å². The first-order chi connectivity index (χ1) is 7.05. The Morgan fingerprint density at radius 2 is 2.00 bits per heavy atom. The van der Waals surface area contributed by atoms with Crippen LogP contribution in [0.25, 0.3) is 0 Å². The maximum Gasteiger partial charge on any atom is 0.381 e. The van der Waals surface area contributed by atoms with Gasteiger partial charge >= 0.3 is 7.60 Å². The van der Waals surface area contributed by atoms with E-state index in [4.69, 9.17) is 14.8 Å². The topological polar surface area (TPSA) is 79.4 Å². The summed E-state index contributed by atoms with van der Waals surface area (Å²) in [6, 6.07) is 0. The van der Waals surface area contributed by atoms with Crippen molar-refractivity contribution < 1.29 is 13.6 Å². The third-order valence-electron chi connectivity index (χ3n) is 1.79. The molecule has 0 radical (unpaired) electrons. The molecule has 7 heteroatoms. The zero-order chi connectivity index (χ0) is 11.5. The van der Waals surface area contributed by atoms with Crippen molar-refractivity contribution in [1.29, 1.82) is 0 Å². The lowest BCUT2D eigenvalue weighted by atomic mass is 10.8. The highest BCUT2D eigenvalue weighted by molar-refractivity contribution is 7.62. The minimum Gasteiger partial charge on any atom is -0.382 e. The van der Waals surface area contributed by atoms with Gasteiger partial charge in [0.2, 0.25) is 0 Å². The zero-order valence-electron chi connectivity index (χ0n) is 9.14. The number of nitrogens with zero attached hydrogens (tertiary/aromatic N) is 2. The predicted molar refractivity (Wildman–Crippen MR) is 58.1 cm³/mol. The largest absolute Gasteiger partial charge is 0.382 e. The van der Waals surface area contributed by atoms with E-state index in [-0.39, 0.29) is 5.82 Å². The summed E-state index contributed by atoms with van der Waals surface area (Å²) in [5.41, 5.74) is 5.94. The second kappa shape index (κ2) is 4.79. The number of aryl methyl sites for hydroxylation is 1. The van der Waals surface area contributed by atoms with Crippen molar-refractivity contribution >= 4 is 18.8 Å². The SMILES string of the molecule is CCOP(=O)(OCC)c1c(N)ncn1C. The third kappa shape index (κ3) is 2.40. The highest BCUT2D eigenvalue weighted by Gasteiger charge is 2.32. The molecule has 0 spiro atoms. The van der Waals surface area contributed by atoms with E-state index in [1.165, 1.54) is 6.33 Å². The van der Waals surface area contributed by atoms with E-state index in [0.29, 0.717) is 18.6 Å². The van der Waals surface area contributed by atoms with Crippen molar-refractivity contribution in [2.45, 2.75) is 13.8 Å². The third-order valence-corrected chi connectivity index (χ3v) is 4.05. The van der Waals surface area contributed by atoms with Gasteiger partial charge in [-0.25, -0.2) is 4.98 Å². The van der Waals surface area contributed by atoms with Crippen LogP contribution in [0.4, 0.5) is 5.82 Å². The van der Waals surface area contributed by atoms with Gasteiger partial charge in [-0.3, -0.25) is 4.57 Å². The molecule has 86 valence electrons. The van der Waals surface area contributed by atoms with Crippen LogP contribution in [0.3, 0.4) is 0 Å². The Balaban J connectivity index is 3.14. The van der Waals surface area contributed by atoms with Crippen molar-refractivity contribution in [2.75, 3.05) is 18.9 Å². The molecule has 1 aromatic heterocycles. The molecule has 0 unspecified atom stereocenters. The molecule has 1 heterocycles. The van der Waals surface area contributed by atoms with Crippen molar-refractivity contribution in [3.8, 4) is 0 Å². The molecule has 0 saturated carbocycles. The quantitative estimate of drug-likeness (QED) is 0.764. The fraction of sp³-hybridized carbons (Fsp3) is 0.625. The monoisotopic (exact) mass is 233 g/mol. The van der Waals surface area contributed by atoms with Gasteiger partial charge in [-0.05, 0) is 13.8 Å². The average molecular weight is 233 g/mol. The van der Waals surface area contributed by atoms with E-state index in [2.05, 4.69) is 4.98 Å². The van der Waals surface area contributed by atoms with Gasteiger partial charge in [-0.2, -0.15) is 0 Å². The van der Waals surface area contributed by atoms with Crippen molar-refractivity contribution in [2.24, 2.45) is 7.05 Å². The Bertz CT molecular complexity index is 348. The summed E-state index contributed by atoms with van der Waals surface area (Å²) in [7, 11) is -1.63. The van der Waals surface area contributed by atoms with E-state index < -0.39 is 7.60 Å².